The van der Waals surface area contributed by atoms with Gasteiger partial charge in [-0.3, -0.25) is 9.79 Å². The molecule has 0 radical (unpaired) electrons. The highest BCUT2D eigenvalue weighted by atomic mass is 16.2. The van der Waals surface area contributed by atoms with Crippen molar-refractivity contribution in [3.63, 3.8) is 0 Å². The molecule has 1 unspecified atom stereocenters. The van der Waals surface area contributed by atoms with Crippen LogP contribution >= 0.6 is 0 Å². The second-order valence-electron chi connectivity index (χ2n) is 5.82. The molecule has 3 rings (SSSR count). The Morgan fingerprint density at radius 3 is 2.70 bits per heavy atom. The molecule has 0 aliphatic carbocycles. The van der Waals surface area contributed by atoms with Gasteiger partial charge in [-0.15, -0.1) is 0 Å². The van der Waals surface area contributed by atoms with Gasteiger partial charge in [0.15, 0.2) is 0 Å². The number of hydrogen-bond acceptors (Lipinski definition) is 2. The topological polar surface area (TPSA) is 32.7 Å². The lowest BCUT2D eigenvalue weighted by molar-refractivity contribution is -0.117. The molecular weight excluding hydrogens is 284 g/mol. The first kappa shape index (κ1) is 15.2. The van der Waals surface area contributed by atoms with Gasteiger partial charge in [0.05, 0.1) is 0 Å². The molecule has 1 heterocycles. The van der Waals surface area contributed by atoms with E-state index in [4.69, 9.17) is 0 Å². The van der Waals surface area contributed by atoms with E-state index in [2.05, 4.69) is 29.8 Å². The smallest absolute Gasteiger partial charge is 0.227 e. The van der Waals surface area contributed by atoms with E-state index in [9.17, 15) is 4.79 Å². The monoisotopic (exact) mass is 304 g/mol. The third-order valence-corrected chi connectivity index (χ3v) is 4.28. The van der Waals surface area contributed by atoms with Crippen LogP contribution < -0.4 is 4.90 Å². The summed E-state index contributed by atoms with van der Waals surface area (Å²) in [7, 11) is 0. The Morgan fingerprint density at radius 2 is 2.00 bits per heavy atom. The fourth-order valence-corrected chi connectivity index (χ4v) is 3.01. The third-order valence-electron chi connectivity index (χ3n) is 4.28. The van der Waals surface area contributed by atoms with Crippen molar-refractivity contribution in [2.75, 3.05) is 11.4 Å². The van der Waals surface area contributed by atoms with Gasteiger partial charge in [-0.2, -0.15) is 0 Å². The fourth-order valence-electron chi connectivity index (χ4n) is 3.01. The average molecular weight is 304 g/mol. The molecule has 23 heavy (non-hydrogen) atoms. The molecule has 2 aromatic rings. The van der Waals surface area contributed by atoms with Gasteiger partial charge in [0, 0.05) is 37.0 Å². The van der Waals surface area contributed by atoms with Crippen molar-refractivity contribution in [1.29, 1.82) is 0 Å². The van der Waals surface area contributed by atoms with E-state index in [1.165, 1.54) is 11.8 Å². The molecular formula is C20H20N2O. The van der Waals surface area contributed by atoms with Gasteiger partial charge in [0.2, 0.25) is 5.91 Å². The lowest BCUT2D eigenvalue weighted by atomic mass is 9.98. The first-order chi connectivity index (χ1) is 11.2. The average Bonchev–Trinajstić information content (AvgIpc) is 2.96. The minimum atomic E-state index is 0.186. The van der Waals surface area contributed by atoms with E-state index in [-0.39, 0.29) is 11.8 Å². The van der Waals surface area contributed by atoms with Crippen molar-refractivity contribution in [3.05, 3.63) is 78.0 Å². The molecule has 0 saturated carbocycles. The van der Waals surface area contributed by atoms with Gasteiger partial charge in [0.1, 0.15) is 0 Å². The molecule has 2 aromatic carbocycles. The van der Waals surface area contributed by atoms with Crippen LogP contribution in [0.25, 0.3) is 0 Å². The SMILES string of the molecule is C=CN=Cc1ccc(N2CC(c3ccccc3)CC2=O)cc1C. The highest BCUT2D eigenvalue weighted by molar-refractivity contribution is 5.97. The lowest BCUT2D eigenvalue weighted by Crippen LogP contribution is -2.24. The quantitative estimate of drug-likeness (QED) is 0.783. The van der Waals surface area contributed by atoms with Gasteiger partial charge in [-0.05, 0) is 35.7 Å². The van der Waals surface area contributed by atoms with Gasteiger partial charge in [-0.25, -0.2) is 0 Å². The van der Waals surface area contributed by atoms with E-state index in [1.807, 2.05) is 42.2 Å². The van der Waals surface area contributed by atoms with E-state index in [0.29, 0.717) is 6.42 Å². The summed E-state index contributed by atoms with van der Waals surface area (Å²) in [6.45, 7) is 6.35. The predicted molar refractivity (Wildman–Crippen MR) is 95.1 cm³/mol. The van der Waals surface area contributed by atoms with Crippen molar-refractivity contribution in [3.8, 4) is 0 Å². The maximum Gasteiger partial charge on any atom is 0.227 e. The molecule has 3 nitrogen and oxygen atoms in total. The lowest BCUT2D eigenvalue weighted by Gasteiger charge is -2.18. The molecule has 0 N–H and O–H groups in total. The Bertz CT molecular complexity index is 749. The second-order valence-corrected chi connectivity index (χ2v) is 5.82. The summed E-state index contributed by atoms with van der Waals surface area (Å²) < 4.78 is 0. The van der Waals surface area contributed by atoms with Crippen molar-refractivity contribution in [2.24, 2.45) is 4.99 Å². The number of anilines is 1. The van der Waals surface area contributed by atoms with Crippen molar-refractivity contribution < 1.29 is 4.79 Å². The Kier molecular flexibility index (Phi) is 4.38. The normalized spacial score (nSPS) is 17.9. The van der Waals surface area contributed by atoms with Gasteiger partial charge < -0.3 is 4.90 Å². The molecule has 1 atom stereocenters. The molecule has 1 saturated heterocycles. The highest BCUT2D eigenvalue weighted by Crippen LogP contribution is 2.32. The standard InChI is InChI=1S/C20H20N2O/c1-3-21-13-17-9-10-19(11-15(17)2)22-14-18(12-20(22)23)16-7-5-4-6-8-16/h3-11,13,18H,1,12,14H2,2H3. The summed E-state index contributed by atoms with van der Waals surface area (Å²) in [6, 6.07) is 16.3. The summed E-state index contributed by atoms with van der Waals surface area (Å²) in [5.41, 5.74) is 4.33. The molecule has 116 valence electrons. The maximum absolute atomic E-state index is 12.4. The molecule has 1 fully saturated rings. The van der Waals surface area contributed by atoms with Crippen molar-refractivity contribution in [2.45, 2.75) is 19.3 Å². The molecule has 3 heteroatoms. The van der Waals surface area contributed by atoms with Crippen LogP contribution in [-0.4, -0.2) is 18.7 Å². The Hall–Kier alpha value is -2.68. The zero-order valence-corrected chi connectivity index (χ0v) is 13.3. The third kappa shape index (κ3) is 3.24. The van der Waals surface area contributed by atoms with Gasteiger partial charge in [-0.1, -0.05) is 43.0 Å². The summed E-state index contributed by atoms with van der Waals surface area (Å²) >= 11 is 0. The van der Waals surface area contributed by atoms with Crippen LogP contribution in [0.1, 0.15) is 29.0 Å². The maximum atomic E-state index is 12.4. The van der Waals surface area contributed by atoms with Gasteiger partial charge in [0.25, 0.3) is 0 Å². The van der Waals surface area contributed by atoms with Crippen LogP contribution in [0.2, 0.25) is 0 Å². The van der Waals surface area contributed by atoms with Crippen LogP contribution in [0.3, 0.4) is 0 Å². The minimum Gasteiger partial charge on any atom is -0.312 e. The Balaban J connectivity index is 1.82. The number of amides is 1. The van der Waals surface area contributed by atoms with Crippen LogP contribution in [0.5, 0.6) is 0 Å². The number of benzene rings is 2. The number of aliphatic imine (C=N–C) groups is 1. The fraction of sp³-hybridized carbons (Fsp3) is 0.200. The summed E-state index contributed by atoms with van der Waals surface area (Å²) in [5.74, 6) is 0.455. The first-order valence-electron chi connectivity index (χ1n) is 7.79. The molecule has 1 amide bonds. The highest BCUT2D eigenvalue weighted by Gasteiger charge is 2.31. The zero-order chi connectivity index (χ0) is 16.2. The van der Waals surface area contributed by atoms with Crippen LogP contribution in [0.4, 0.5) is 5.69 Å². The van der Waals surface area contributed by atoms with Crippen LogP contribution in [-0.2, 0) is 4.79 Å². The minimum absolute atomic E-state index is 0.186. The summed E-state index contributed by atoms with van der Waals surface area (Å²) in [6.07, 6.45) is 3.87. The first-order valence-corrected chi connectivity index (χ1v) is 7.79. The Morgan fingerprint density at radius 1 is 1.22 bits per heavy atom. The molecule has 0 bridgehead atoms. The number of rotatable bonds is 4. The van der Waals surface area contributed by atoms with E-state index in [1.54, 1.807) is 6.21 Å². The predicted octanol–water partition coefficient (Wildman–Crippen LogP) is 4.08. The molecule has 0 aromatic heterocycles. The van der Waals surface area contributed by atoms with E-state index in [0.717, 1.165) is 23.4 Å². The number of nitrogens with zero attached hydrogens (tertiary/aromatic N) is 2. The van der Waals surface area contributed by atoms with Crippen LogP contribution in [0, 0.1) is 6.92 Å². The number of aryl methyl sites for hydroxylation is 1. The zero-order valence-electron chi connectivity index (χ0n) is 13.3. The van der Waals surface area contributed by atoms with Crippen molar-refractivity contribution >= 4 is 17.8 Å². The summed E-state index contributed by atoms with van der Waals surface area (Å²) in [4.78, 5) is 18.4. The molecule has 0 spiro atoms. The van der Waals surface area contributed by atoms with Gasteiger partial charge >= 0.3 is 0 Å². The molecule has 1 aliphatic rings. The number of hydrogen-bond donors (Lipinski definition) is 0. The van der Waals surface area contributed by atoms with Crippen molar-refractivity contribution in [1.82, 2.24) is 0 Å². The molecule has 1 aliphatic heterocycles. The van der Waals surface area contributed by atoms with Crippen LogP contribution in [0.15, 0.2) is 66.3 Å². The Labute approximate surface area is 137 Å². The number of carbonyl (C=O) groups is 1. The van der Waals surface area contributed by atoms with E-state index < -0.39 is 0 Å². The largest absolute Gasteiger partial charge is 0.312 e. The van der Waals surface area contributed by atoms with E-state index >= 15 is 0 Å². The second kappa shape index (κ2) is 6.61. The summed E-state index contributed by atoms with van der Waals surface area (Å²) in [5, 5.41) is 0. The number of carbonyl (C=O) groups excluding carboxylic acids is 1.